The molecule has 6 nitrogen and oxygen atoms in total. The molecule has 1 aromatic heterocycles. The molecule has 1 aliphatic heterocycles. The molecule has 0 unspecified atom stereocenters. The average molecular weight is 400 g/mol. The molecule has 1 saturated heterocycles. The molecule has 2 fully saturated rings. The third-order valence-corrected chi connectivity index (χ3v) is 8.91. The zero-order valence-electron chi connectivity index (χ0n) is 15.2. The van der Waals surface area contributed by atoms with Gasteiger partial charge in [-0.3, -0.25) is 4.79 Å². The molecule has 2 aliphatic rings. The summed E-state index contributed by atoms with van der Waals surface area (Å²) < 4.78 is 27.4. The number of piperidine rings is 1. The number of carbonyl (C=O) groups is 1. The van der Waals surface area contributed by atoms with Crippen LogP contribution >= 0.6 is 11.3 Å². The lowest BCUT2D eigenvalue weighted by Crippen LogP contribution is -2.55. The van der Waals surface area contributed by atoms with Gasteiger partial charge in [0.25, 0.3) is 10.0 Å². The lowest BCUT2D eigenvalue weighted by Gasteiger charge is -2.31. The number of nitrogens with zero attached hydrogens (tertiary/aromatic N) is 1. The first-order valence-corrected chi connectivity index (χ1v) is 11.8. The van der Waals surface area contributed by atoms with Gasteiger partial charge in [0.2, 0.25) is 5.91 Å². The van der Waals surface area contributed by atoms with Gasteiger partial charge in [0.15, 0.2) is 0 Å². The Labute approximate surface area is 160 Å². The van der Waals surface area contributed by atoms with E-state index in [1.54, 1.807) is 10.4 Å². The molecule has 26 heavy (non-hydrogen) atoms. The third-order valence-electron chi connectivity index (χ3n) is 5.40. The van der Waals surface area contributed by atoms with Crippen molar-refractivity contribution in [2.75, 3.05) is 19.6 Å². The molecule has 1 aliphatic carbocycles. The predicted molar refractivity (Wildman–Crippen MR) is 104 cm³/mol. The van der Waals surface area contributed by atoms with Gasteiger partial charge >= 0.3 is 0 Å². The van der Waals surface area contributed by atoms with E-state index >= 15 is 0 Å². The average Bonchev–Trinajstić information content (AvgIpc) is 3.13. The van der Waals surface area contributed by atoms with Crippen molar-refractivity contribution in [3.63, 3.8) is 0 Å². The van der Waals surface area contributed by atoms with Gasteiger partial charge in [0.1, 0.15) is 4.21 Å². The Morgan fingerprint density at radius 1 is 1.12 bits per heavy atom. The molecule has 1 saturated carbocycles. The van der Waals surface area contributed by atoms with E-state index in [1.807, 2.05) is 6.07 Å². The number of nitrogens with one attached hydrogen (secondary N) is 1. The maximum atomic E-state index is 12.7. The standard InChI is InChI=1S/C18H29N3O3S2/c19-18(10-3-1-4-11-18)17(22)20-12-9-15-7-8-16(25-15)26(23,24)21-13-5-2-6-14-21/h7-8H,1-6,9-14,19H2,(H,20,22). The zero-order chi connectivity index (χ0) is 18.6. The second-order valence-electron chi connectivity index (χ2n) is 7.41. The van der Waals surface area contributed by atoms with Crippen molar-refractivity contribution in [1.29, 1.82) is 0 Å². The van der Waals surface area contributed by atoms with Crippen molar-refractivity contribution in [2.24, 2.45) is 5.73 Å². The molecule has 0 atom stereocenters. The normalized spacial score (nSPS) is 21.4. The summed E-state index contributed by atoms with van der Waals surface area (Å²) in [6, 6.07) is 3.55. The first-order valence-electron chi connectivity index (χ1n) is 9.58. The van der Waals surface area contributed by atoms with Crippen LogP contribution in [0.5, 0.6) is 0 Å². The van der Waals surface area contributed by atoms with E-state index in [2.05, 4.69) is 5.32 Å². The molecule has 0 bridgehead atoms. The van der Waals surface area contributed by atoms with E-state index in [1.165, 1.54) is 11.3 Å². The first-order chi connectivity index (χ1) is 12.4. The Morgan fingerprint density at radius 3 is 2.46 bits per heavy atom. The fourth-order valence-electron chi connectivity index (χ4n) is 3.75. The van der Waals surface area contributed by atoms with E-state index in [9.17, 15) is 13.2 Å². The van der Waals surface area contributed by atoms with Crippen LogP contribution in [-0.2, 0) is 21.2 Å². The summed E-state index contributed by atoms with van der Waals surface area (Å²) in [4.78, 5) is 13.3. The SMILES string of the molecule is NC1(C(=O)NCCc2ccc(S(=O)(=O)N3CCCCC3)s2)CCCCC1. The Balaban J connectivity index is 1.53. The quantitative estimate of drug-likeness (QED) is 0.767. The smallest absolute Gasteiger partial charge is 0.252 e. The number of amides is 1. The monoisotopic (exact) mass is 399 g/mol. The van der Waals surface area contributed by atoms with Gasteiger partial charge < -0.3 is 11.1 Å². The van der Waals surface area contributed by atoms with Gasteiger partial charge in [0, 0.05) is 24.5 Å². The van der Waals surface area contributed by atoms with Crippen molar-refractivity contribution in [1.82, 2.24) is 9.62 Å². The number of nitrogens with two attached hydrogens (primary N) is 1. The molecule has 1 aromatic rings. The molecule has 8 heteroatoms. The second kappa shape index (κ2) is 8.37. The van der Waals surface area contributed by atoms with Crippen LogP contribution in [0.25, 0.3) is 0 Å². The lowest BCUT2D eigenvalue weighted by molar-refractivity contribution is -0.127. The third kappa shape index (κ3) is 4.47. The fraction of sp³-hybridized carbons (Fsp3) is 0.722. The second-order valence-corrected chi connectivity index (χ2v) is 10.7. The van der Waals surface area contributed by atoms with Crippen LogP contribution in [0.2, 0.25) is 0 Å². The molecule has 1 amide bonds. The van der Waals surface area contributed by atoms with Gasteiger partial charge in [-0.2, -0.15) is 4.31 Å². The van der Waals surface area contributed by atoms with E-state index in [4.69, 9.17) is 5.73 Å². The Hall–Kier alpha value is -0.960. The maximum Gasteiger partial charge on any atom is 0.252 e. The summed E-state index contributed by atoms with van der Waals surface area (Å²) in [5.41, 5.74) is 5.51. The summed E-state index contributed by atoms with van der Waals surface area (Å²) in [6.07, 6.45) is 8.25. The molecule has 146 valence electrons. The highest BCUT2D eigenvalue weighted by Crippen LogP contribution is 2.28. The largest absolute Gasteiger partial charge is 0.354 e. The molecular weight excluding hydrogens is 370 g/mol. The zero-order valence-corrected chi connectivity index (χ0v) is 16.8. The topological polar surface area (TPSA) is 92.5 Å². The van der Waals surface area contributed by atoms with Crippen LogP contribution in [0, 0.1) is 0 Å². The Morgan fingerprint density at radius 2 is 1.77 bits per heavy atom. The van der Waals surface area contributed by atoms with Crippen LogP contribution in [0.4, 0.5) is 0 Å². The van der Waals surface area contributed by atoms with E-state index in [0.29, 0.717) is 30.3 Å². The number of thiophene rings is 1. The van der Waals surface area contributed by atoms with E-state index in [0.717, 1.165) is 56.2 Å². The summed E-state index contributed by atoms with van der Waals surface area (Å²) in [7, 11) is -3.36. The van der Waals surface area contributed by atoms with E-state index < -0.39 is 15.6 Å². The van der Waals surface area contributed by atoms with Crippen LogP contribution in [0.3, 0.4) is 0 Å². The predicted octanol–water partition coefficient (Wildman–Crippen LogP) is 2.24. The van der Waals surface area contributed by atoms with Crippen molar-refractivity contribution in [3.05, 3.63) is 17.0 Å². The van der Waals surface area contributed by atoms with Gasteiger partial charge in [0.05, 0.1) is 5.54 Å². The van der Waals surface area contributed by atoms with Crippen molar-refractivity contribution in [3.8, 4) is 0 Å². The molecule has 2 heterocycles. The first kappa shape index (κ1) is 19.8. The van der Waals surface area contributed by atoms with Gasteiger partial charge in [-0.1, -0.05) is 25.7 Å². The van der Waals surface area contributed by atoms with Crippen molar-refractivity contribution >= 4 is 27.3 Å². The van der Waals surface area contributed by atoms with E-state index in [-0.39, 0.29) is 5.91 Å². The fourth-order valence-corrected chi connectivity index (χ4v) is 6.78. The van der Waals surface area contributed by atoms with Crippen LogP contribution < -0.4 is 11.1 Å². The number of hydrogen-bond acceptors (Lipinski definition) is 5. The lowest BCUT2D eigenvalue weighted by atomic mass is 9.82. The Kier molecular flexibility index (Phi) is 6.37. The highest BCUT2D eigenvalue weighted by molar-refractivity contribution is 7.91. The molecular formula is C18H29N3O3S2. The van der Waals surface area contributed by atoms with Crippen LogP contribution in [0.15, 0.2) is 16.3 Å². The summed E-state index contributed by atoms with van der Waals surface area (Å²) >= 11 is 1.31. The minimum absolute atomic E-state index is 0.0742. The van der Waals surface area contributed by atoms with Gasteiger partial charge in [-0.15, -0.1) is 11.3 Å². The van der Waals surface area contributed by atoms with Gasteiger partial charge in [-0.25, -0.2) is 8.42 Å². The number of rotatable bonds is 6. The molecule has 0 spiro atoms. The molecule has 3 rings (SSSR count). The number of hydrogen-bond donors (Lipinski definition) is 2. The number of carbonyl (C=O) groups excluding carboxylic acids is 1. The molecule has 0 aromatic carbocycles. The maximum absolute atomic E-state index is 12.7. The summed E-state index contributed by atoms with van der Waals surface area (Å²) in [5, 5.41) is 2.94. The van der Waals surface area contributed by atoms with Crippen molar-refractivity contribution < 1.29 is 13.2 Å². The number of sulfonamides is 1. The highest BCUT2D eigenvalue weighted by atomic mass is 32.2. The minimum Gasteiger partial charge on any atom is -0.354 e. The van der Waals surface area contributed by atoms with Gasteiger partial charge in [-0.05, 0) is 44.2 Å². The Bertz CT molecular complexity index is 718. The van der Waals surface area contributed by atoms with Crippen LogP contribution in [0.1, 0.15) is 56.2 Å². The molecule has 0 radical (unpaired) electrons. The molecule has 3 N–H and O–H groups in total. The van der Waals surface area contributed by atoms with Crippen molar-refractivity contribution in [2.45, 2.75) is 67.5 Å². The summed E-state index contributed by atoms with van der Waals surface area (Å²) in [5.74, 6) is -0.0742. The minimum atomic E-state index is -3.36. The van der Waals surface area contributed by atoms with Crippen LogP contribution in [-0.4, -0.2) is 43.8 Å². The highest BCUT2D eigenvalue weighted by Gasteiger charge is 2.35. The summed E-state index contributed by atoms with van der Waals surface area (Å²) in [6.45, 7) is 1.72.